The van der Waals surface area contributed by atoms with Crippen LogP contribution in [-0.2, 0) is 19.6 Å². The minimum atomic E-state index is -3.61. The van der Waals surface area contributed by atoms with E-state index in [-0.39, 0.29) is 13.2 Å². The van der Waals surface area contributed by atoms with Crippen molar-refractivity contribution < 1.29 is 17.9 Å². The summed E-state index contributed by atoms with van der Waals surface area (Å²) in [6.07, 6.45) is 0. The second-order valence-corrected chi connectivity index (χ2v) is 6.80. The second-order valence-electron chi connectivity index (χ2n) is 4.56. The highest BCUT2D eigenvalue weighted by Crippen LogP contribution is 2.27. The summed E-state index contributed by atoms with van der Waals surface area (Å²) in [5.41, 5.74) is 4.76. The number of hydrogen-bond acceptors (Lipinski definition) is 5. The molecule has 2 unspecified atom stereocenters. The summed E-state index contributed by atoms with van der Waals surface area (Å²) in [6, 6.07) is -0.477. The van der Waals surface area contributed by atoms with E-state index >= 15 is 0 Å². The largest absolute Gasteiger partial charge is 0.379 e. The Kier molecular flexibility index (Phi) is 3.61. The predicted octanol–water partition coefficient (Wildman–Crippen LogP) is -0.795. The second kappa shape index (κ2) is 4.31. The molecule has 1 fully saturated rings. The van der Waals surface area contributed by atoms with E-state index in [1.165, 1.54) is 13.8 Å². The van der Waals surface area contributed by atoms with Gasteiger partial charge in [-0.3, -0.25) is 9.52 Å². The third kappa shape index (κ3) is 2.36. The van der Waals surface area contributed by atoms with Gasteiger partial charge in [-0.25, -0.2) is 8.42 Å². The number of carbonyl (C=O) groups excluding carboxylic acids is 1. The van der Waals surface area contributed by atoms with Crippen molar-refractivity contribution in [1.29, 1.82) is 0 Å². The van der Waals surface area contributed by atoms with Crippen LogP contribution in [0.4, 0.5) is 0 Å². The molecular formula is C9H18N2O4S. The van der Waals surface area contributed by atoms with Crippen LogP contribution in [0.3, 0.4) is 0 Å². The molecule has 3 N–H and O–H groups in total. The number of carbonyl (C=O) groups is 1. The molecule has 0 aliphatic carbocycles. The first kappa shape index (κ1) is 13.4. The fourth-order valence-electron chi connectivity index (χ4n) is 1.29. The molecule has 1 aliphatic rings. The number of ether oxygens (including phenoxy) is 1. The zero-order chi connectivity index (χ0) is 12.6. The minimum absolute atomic E-state index is 0.146. The fourth-order valence-corrected chi connectivity index (χ4v) is 2.01. The smallest absolute Gasteiger partial charge is 0.243 e. The molecule has 0 saturated carbocycles. The maximum Gasteiger partial charge on any atom is 0.243 e. The molecule has 0 spiro atoms. The van der Waals surface area contributed by atoms with Crippen molar-refractivity contribution >= 4 is 15.9 Å². The molecule has 0 bridgehead atoms. The van der Waals surface area contributed by atoms with Gasteiger partial charge in [-0.05, 0) is 20.8 Å². The number of rotatable bonds is 3. The van der Waals surface area contributed by atoms with Gasteiger partial charge in [-0.1, -0.05) is 0 Å². The quantitative estimate of drug-likeness (QED) is 0.683. The van der Waals surface area contributed by atoms with Crippen molar-refractivity contribution in [3.63, 3.8) is 0 Å². The Hall–Kier alpha value is -0.660. The Bertz CT molecular complexity index is 379. The van der Waals surface area contributed by atoms with Crippen LogP contribution in [0.15, 0.2) is 0 Å². The Morgan fingerprint density at radius 2 is 2.12 bits per heavy atom. The van der Waals surface area contributed by atoms with Gasteiger partial charge in [0.15, 0.2) is 0 Å². The van der Waals surface area contributed by atoms with Crippen LogP contribution in [0, 0.1) is 5.41 Å². The van der Waals surface area contributed by atoms with E-state index in [1.54, 1.807) is 6.92 Å². The van der Waals surface area contributed by atoms with Gasteiger partial charge in [0.2, 0.25) is 15.9 Å². The number of nitrogens with one attached hydrogen (secondary N) is 1. The van der Waals surface area contributed by atoms with E-state index in [0.717, 1.165) is 0 Å². The lowest BCUT2D eigenvalue weighted by Gasteiger charge is -2.25. The van der Waals surface area contributed by atoms with Gasteiger partial charge in [-0.2, -0.15) is 0 Å². The van der Waals surface area contributed by atoms with Crippen molar-refractivity contribution in [2.75, 3.05) is 13.2 Å². The molecule has 1 saturated heterocycles. The summed E-state index contributed by atoms with van der Waals surface area (Å²) in [5.74, 6) is -0.591. The SMILES string of the molecule is CC(C)S(=O)(=O)NC(=O)C1(C)COCC1N. The van der Waals surface area contributed by atoms with Crippen LogP contribution >= 0.6 is 0 Å². The molecule has 16 heavy (non-hydrogen) atoms. The van der Waals surface area contributed by atoms with Gasteiger partial charge < -0.3 is 10.5 Å². The average Bonchev–Trinajstić information content (AvgIpc) is 2.47. The molecule has 0 aromatic carbocycles. The lowest BCUT2D eigenvalue weighted by atomic mass is 9.85. The van der Waals surface area contributed by atoms with Crippen molar-refractivity contribution in [3.8, 4) is 0 Å². The highest BCUT2D eigenvalue weighted by Gasteiger charge is 2.45. The van der Waals surface area contributed by atoms with Crippen LogP contribution in [0.25, 0.3) is 0 Å². The summed E-state index contributed by atoms with van der Waals surface area (Å²) in [5, 5.41) is -0.654. The summed E-state index contributed by atoms with van der Waals surface area (Å²) in [6.45, 7) is 5.03. The van der Waals surface area contributed by atoms with E-state index in [2.05, 4.69) is 0 Å². The molecule has 94 valence electrons. The predicted molar refractivity (Wildman–Crippen MR) is 59.1 cm³/mol. The maximum atomic E-state index is 11.8. The first-order valence-electron chi connectivity index (χ1n) is 5.09. The molecule has 2 atom stereocenters. The van der Waals surface area contributed by atoms with Crippen LogP contribution in [0.5, 0.6) is 0 Å². The van der Waals surface area contributed by atoms with E-state index in [4.69, 9.17) is 10.5 Å². The molecule has 7 heteroatoms. The molecule has 1 rings (SSSR count). The topological polar surface area (TPSA) is 98.5 Å². The van der Waals surface area contributed by atoms with E-state index in [0.29, 0.717) is 0 Å². The van der Waals surface area contributed by atoms with Gasteiger partial charge in [0.1, 0.15) is 0 Å². The summed E-state index contributed by atoms with van der Waals surface area (Å²) in [7, 11) is -3.61. The number of sulfonamides is 1. The number of nitrogens with two attached hydrogens (primary N) is 1. The number of hydrogen-bond donors (Lipinski definition) is 2. The van der Waals surface area contributed by atoms with Crippen molar-refractivity contribution in [1.82, 2.24) is 4.72 Å². The summed E-state index contributed by atoms with van der Waals surface area (Å²) in [4.78, 5) is 11.8. The molecule has 6 nitrogen and oxygen atoms in total. The highest BCUT2D eigenvalue weighted by atomic mass is 32.2. The molecule has 0 radical (unpaired) electrons. The molecule has 1 heterocycles. The van der Waals surface area contributed by atoms with Gasteiger partial charge >= 0.3 is 0 Å². The zero-order valence-corrected chi connectivity index (χ0v) is 10.5. The van der Waals surface area contributed by atoms with Crippen molar-refractivity contribution in [3.05, 3.63) is 0 Å². The van der Waals surface area contributed by atoms with Crippen molar-refractivity contribution in [2.45, 2.75) is 32.1 Å². The Morgan fingerprint density at radius 1 is 1.56 bits per heavy atom. The lowest BCUT2D eigenvalue weighted by Crippen LogP contribution is -2.52. The average molecular weight is 250 g/mol. The van der Waals surface area contributed by atoms with E-state index < -0.39 is 32.6 Å². The Balaban J connectivity index is 2.81. The zero-order valence-electron chi connectivity index (χ0n) is 9.69. The molecule has 0 aromatic rings. The Labute approximate surface area is 95.6 Å². The highest BCUT2D eigenvalue weighted by molar-refractivity contribution is 7.90. The third-order valence-corrected chi connectivity index (χ3v) is 4.60. The number of amides is 1. The van der Waals surface area contributed by atoms with Gasteiger partial charge in [0.25, 0.3) is 0 Å². The summed E-state index contributed by atoms with van der Waals surface area (Å²) >= 11 is 0. The van der Waals surface area contributed by atoms with Gasteiger partial charge in [0.05, 0.1) is 23.9 Å². The minimum Gasteiger partial charge on any atom is -0.379 e. The van der Waals surface area contributed by atoms with E-state index in [1.807, 2.05) is 4.72 Å². The standard InChI is InChI=1S/C9H18N2O4S/c1-6(2)16(13,14)11-8(12)9(3)5-15-4-7(9)10/h6-7H,4-5,10H2,1-3H3,(H,11,12). The third-order valence-electron chi connectivity index (χ3n) is 2.89. The van der Waals surface area contributed by atoms with E-state index in [9.17, 15) is 13.2 Å². The monoisotopic (exact) mass is 250 g/mol. The molecule has 0 aromatic heterocycles. The van der Waals surface area contributed by atoms with Crippen molar-refractivity contribution in [2.24, 2.45) is 11.1 Å². The van der Waals surface area contributed by atoms with Crippen LogP contribution in [0.2, 0.25) is 0 Å². The van der Waals surface area contributed by atoms with Crippen LogP contribution in [0.1, 0.15) is 20.8 Å². The first-order chi connectivity index (χ1) is 7.20. The summed E-state index contributed by atoms with van der Waals surface area (Å²) < 4.78 is 30.2. The fraction of sp³-hybridized carbons (Fsp3) is 0.889. The molecular weight excluding hydrogens is 232 g/mol. The molecule has 1 amide bonds. The Morgan fingerprint density at radius 3 is 2.50 bits per heavy atom. The van der Waals surface area contributed by atoms with Gasteiger partial charge in [-0.15, -0.1) is 0 Å². The van der Waals surface area contributed by atoms with Crippen LogP contribution < -0.4 is 10.5 Å². The maximum absolute atomic E-state index is 11.8. The first-order valence-corrected chi connectivity index (χ1v) is 6.64. The molecule has 1 aliphatic heterocycles. The lowest BCUT2D eigenvalue weighted by molar-refractivity contribution is -0.128. The normalized spacial score (nSPS) is 30.7. The van der Waals surface area contributed by atoms with Crippen LogP contribution in [-0.4, -0.2) is 38.8 Å². The van der Waals surface area contributed by atoms with Gasteiger partial charge in [0, 0.05) is 6.04 Å².